The Bertz CT molecular complexity index is 478. The zero-order chi connectivity index (χ0) is 13.9. The van der Waals surface area contributed by atoms with Gasteiger partial charge in [0.05, 0.1) is 17.3 Å². The molecule has 1 aliphatic carbocycles. The van der Waals surface area contributed by atoms with Gasteiger partial charge in [-0.3, -0.25) is 0 Å². The largest absolute Gasteiger partial charge is 0.396 e. The lowest BCUT2D eigenvalue weighted by Gasteiger charge is -2.15. The number of aliphatic hydroxyl groups is 1. The average molecular weight is 301 g/mol. The average Bonchev–Trinajstić information content (AvgIpc) is 3.17. The number of carbonyl (C=O) groups is 1. The molecule has 1 fully saturated rings. The van der Waals surface area contributed by atoms with E-state index in [1.165, 1.54) is 11.8 Å². The molecule has 19 heavy (non-hydrogen) atoms. The molecule has 1 aromatic carbocycles. The van der Waals surface area contributed by atoms with E-state index in [1.807, 2.05) is 12.3 Å². The summed E-state index contributed by atoms with van der Waals surface area (Å²) in [5, 5.41) is 15.4. The highest BCUT2D eigenvalue weighted by Gasteiger charge is 2.42. The molecular formula is C13H17ClN2O2S. The van der Waals surface area contributed by atoms with Crippen LogP contribution in [0.15, 0.2) is 23.1 Å². The van der Waals surface area contributed by atoms with Crippen LogP contribution in [0.25, 0.3) is 0 Å². The summed E-state index contributed by atoms with van der Waals surface area (Å²) in [6.07, 6.45) is 3.85. The number of rotatable bonds is 5. The second-order valence-electron chi connectivity index (χ2n) is 4.79. The molecule has 0 aromatic heterocycles. The number of amides is 2. The standard InChI is InChI=1S/C13H17ClN2O2S/c1-19-11-9(14)3-2-4-10(11)16-12(18)15-7-13(8-17)5-6-13/h2-4,17H,5-8H2,1H3,(H2,15,16,18). The second kappa shape index (κ2) is 6.03. The number of aliphatic hydroxyl groups excluding tert-OH is 1. The molecule has 4 nitrogen and oxygen atoms in total. The van der Waals surface area contributed by atoms with Gasteiger partial charge in [0.15, 0.2) is 0 Å². The number of thioether (sulfide) groups is 1. The Morgan fingerprint density at radius 2 is 2.26 bits per heavy atom. The molecular weight excluding hydrogens is 284 g/mol. The lowest BCUT2D eigenvalue weighted by Crippen LogP contribution is -2.35. The lowest BCUT2D eigenvalue weighted by atomic mass is 10.1. The zero-order valence-corrected chi connectivity index (χ0v) is 12.3. The van der Waals surface area contributed by atoms with Crippen LogP contribution in [0.3, 0.4) is 0 Å². The van der Waals surface area contributed by atoms with Crippen molar-refractivity contribution in [3.05, 3.63) is 23.2 Å². The molecule has 0 atom stereocenters. The van der Waals surface area contributed by atoms with Crippen LogP contribution in [-0.2, 0) is 0 Å². The molecule has 0 radical (unpaired) electrons. The quantitative estimate of drug-likeness (QED) is 0.733. The van der Waals surface area contributed by atoms with Gasteiger partial charge in [-0.2, -0.15) is 0 Å². The second-order valence-corrected chi connectivity index (χ2v) is 6.01. The van der Waals surface area contributed by atoms with Crippen LogP contribution >= 0.6 is 23.4 Å². The monoisotopic (exact) mass is 300 g/mol. The van der Waals surface area contributed by atoms with Gasteiger partial charge < -0.3 is 15.7 Å². The third-order valence-electron chi connectivity index (χ3n) is 3.34. The van der Waals surface area contributed by atoms with Crippen LogP contribution in [0.1, 0.15) is 12.8 Å². The Labute approximate surface area is 121 Å². The molecule has 0 bridgehead atoms. The van der Waals surface area contributed by atoms with Crippen LogP contribution in [0.5, 0.6) is 0 Å². The van der Waals surface area contributed by atoms with Gasteiger partial charge in [-0.25, -0.2) is 4.79 Å². The summed E-state index contributed by atoms with van der Waals surface area (Å²) >= 11 is 7.56. The topological polar surface area (TPSA) is 61.4 Å². The van der Waals surface area contributed by atoms with Crippen LogP contribution in [0.4, 0.5) is 10.5 Å². The summed E-state index contributed by atoms with van der Waals surface area (Å²) in [4.78, 5) is 12.7. The van der Waals surface area contributed by atoms with Crippen molar-refractivity contribution in [1.29, 1.82) is 0 Å². The van der Waals surface area contributed by atoms with Crippen molar-refractivity contribution >= 4 is 35.1 Å². The maximum Gasteiger partial charge on any atom is 0.319 e. The maximum atomic E-state index is 11.8. The van der Waals surface area contributed by atoms with E-state index in [1.54, 1.807) is 12.1 Å². The van der Waals surface area contributed by atoms with Crippen molar-refractivity contribution in [1.82, 2.24) is 5.32 Å². The van der Waals surface area contributed by atoms with Crippen molar-refractivity contribution < 1.29 is 9.90 Å². The first-order chi connectivity index (χ1) is 9.10. The third kappa shape index (κ3) is 3.55. The molecule has 1 saturated carbocycles. The number of anilines is 1. The Kier molecular flexibility index (Phi) is 4.60. The van der Waals surface area contributed by atoms with Crippen molar-refractivity contribution in [3.8, 4) is 0 Å². The highest BCUT2D eigenvalue weighted by molar-refractivity contribution is 7.98. The number of halogens is 1. The smallest absolute Gasteiger partial charge is 0.319 e. The normalized spacial score (nSPS) is 15.9. The molecule has 0 spiro atoms. The van der Waals surface area contributed by atoms with E-state index in [2.05, 4.69) is 10.6 Å². The molecule has 3 N–H and O–H groups in total. The van der Waals surface area contributed by atoms with Crippen LogP contribution in [0, 0.1) is 5.41 Å². The molecule has 1 aromatic rings. The molecule has 1 aliphatic rings. The Morgan fingerprint density at radius 1 is 1.53 bits per heavy atom. The van der Waals surface area contributed by atoms with Crippen molar-refractivity contribution in [2.45, 2.75) is 17.7 Å². The van der Waals surface area contributed by atoms with Gasteiger partial charge in [-0.05, 0) is 31.2 Å². The Morgan fingerprint density at radius 3 is 2.84 bits per heavy atom. The molecule has 0 heterocycles. The first kappa shape index (κ1) is 14.5. The molecule has 0 unspecified atom stereocenters. The first-order valence-electron chi connectivity index (χ1n) is 6.08. The molecule has 0 saturated heterocycles. The SMILES string of the molecule is CSc1c(Cl)cccc1NC(=O)NCC1(CO)CC1. The summed E-state index contributed by atoms with van der Waals surface area (Å²) in [7, 11) is 0. The highest BCUT2D eigenvalue weighted by Crippen LogP contribution is 2.44. The van der Waals surface area contributed by atoms with Crippen LogP contribution in [-0.4, -0.2) is 30.5 Å². The molecule has 2 rings (SSSR count). The summed E-state index contributed by atoms with van der Waals surface area (Å²) < 4.78 is 0. The van der Waals surface area contributed by atoms with Crippen molar-refractivity contribution in [2.75, 3.05) is 24.7 Å². The van der Waals surface area contributed by atoms with E-state index in [0.717, 1.165) is 17.7 Å². The number of urea groups is 1. The van der Waals surface area contributed by atoms with E-state index in [9.17, 15) is 9.90 Å². The van der Waals surface area contributed by atoms with Gasteiger partial charge >= 0.3 is 6.03 Å². The number of nitrogens with one attached hydrogen (secondary N) is 2. The third-order valence-corrected chi connectivity index (χ3v) is 4.61. The number of benzene rings is 1. The van der Waals surface area contributed by atoms with E-state index in [0.29, 0.717) is 17.3 Å². The number of hydrogen-bond acceptors (Lipinski definition) is 3. The van der Waals surface area contributed by atoms with Crippen molar-refractivity contribution in [2.24, 2.45) is 5.41 Å². The Balaban J connectivity index is 1.93. The number of carbonyl (C=O) groups excluding carboxylic acids is 1. The zero-order valence-electron chi connectivity index (χ0n) is 10.7. The molecule has 104 valence electrons. The fraction of sp³-hybridized carbons (Fsp3) is 0.462. The minimum Gasteiger partial charge on any atom is -0.396 e. The molecule has 2 amide bonds. The maximum absolute atomic E-state index is 11.8. The molecule has 0 aliphatic heterocycles. The van der Waals surface area contributed by atoms with Gasteiger partial charge in [0.1, 0.15) is 0 Å². The van der Waals surface area contributed by atoms with Crippen molar-refractivity contribution in [3.63, 3.8) is 0 Å². The van der Waals surface area contributed by atoms with Gasteiger partial charge in [0.2, 0.25) is 0 Å². The van der Waals surface area contributed by atoms with Gasteiger partial charge in [0.25, 0.3) is 0 Å². The fourth-order valence-electron chi connectivity index (χ4n) is 1.82. The predicted octanol–water partition coefficient (Wildman–Crippen LogP) is 2.96. The van der Waals surface area contributed by atoms with Crippen LogP contribution in [0.2, 0.25) is 5.02 Å². The summed E-state index contributed by atoms with van der Waals surface area (Å²) in [5.74, 6) is 0. The first-order valence-corrected chi connectivity index (χ1v) is 7.69. The van der Waals surface area contributed by atoms with E-state index >= 15 is 0 Å². The van der Waals surface area contributed by atoms with Gasteiger partial charge in [0, 0.05) is 16.9 Å². The lowest BCUT2D eigenvalue weighted by molar-refractivity contribution is 0.206. The van der Waals surface area contributed by atoms with E-state index < -0.39 is 0 Å². The fourth-order valence-corrected chi connectivity index (χ4v) is 2.82. The minimum absolute atomic E-state index is 0.0893. The minimum atomic E-state index is -0.266. The van der Waals surface area contributed by atoms with E-state index in [4.69, 9.17) is 11.6 Å². The summed E-state index contributed by atoms with van der Waals surface area (Å²) in [6.45, 7) is 0.630. The molecule has 6 heteroatoms. The number of hydrogen-bond donors (Lipinski definition) is 3. The Hall–Kier alpha value is -0.910. The predicted molar refractivity (Wildman–Crippen MR) is 79.0 cm³/mol. The van der Waals surface area contributed by atoms with E-state index in [-0.39, 0.29) is 18.1 Å². The van der Waals surface area contributed by atoms with Gasteiger partial charge in [-0.1, -0.05) is 17.7 Å². The highest BCUT2D eigenvalue weighted by atomic mass is 35.5. The van der Waals surface area contributed by atoms with Crippen LogP contribution < -0.4 is 10.6 Å². The summed E-state index contributed by atoms with van der Waals surface area (Å²) in [5.41, 5.74) is 0.611. The van der Waals surface area contributed by atoms with Gasteiger partial charge in [-0.15, -0.1) is 11.8 Å². The summed E-state index contributed by atoms with van der Waals surface area (Å²) in [6, 6.07) is 5.14.